The Balaban J connectivity index is 2.73. The SMILES string of the molecule is Cc1ccc(Br)c(NC(=O)N(C)CC(C)(CO)CO)c1. The van der Waals surface area contributed by atoms with Crippen molar-refractivity contribution in [3.8, 4) is 0 Å². The first-order chi connectivity index (χ1) is 9.31. The van der Waals surface area contributed by atoms with Crippen LogP contribution < -0.4 is 5.32 Å². The molecule has 0 saturated heterocycles. The van der Waals surface area contributed by atoms with Crippen molar-refractivity contribution in [2.75, 3.05) is 32.1 Å². The molecular formula is C14H21BrN2O3. The van der Waals surface area contributed by atoms with Gasteiger partial charge in [0.2, 0.25) is 0 Å². The van der Waals surface area contributed by atoms with Crippen molar-refractivity contribution in [1.82, 2.24) is 4.90 Å². The van der Waals surface area contributed by atoms with Gasteiger partial charge in [-0.3, -0.25) is 0 Å². The number of benzene rings is 1. The van der Waals surface area contributed by atoms with E-state index in [1.165, 1.54) is 4.90 Å². The van der Waals surface area contributed by atoms with Crippen molar-refractivity contribution >= 4 is 27.6 Å². The summed E-state index contributed by atoms with van der Waals surface area (Å²) >= 11 is 3.38. The van der Waals surface area contributed by atoms with E-state index in [4.69, 9.17) is 0 Å². The lowest BCUT2D eigenvalue weighted by Gasteiger charge is -2.30. The number of carbonyl (C=O) groups excluding carboxylic acids is 1. The van der Waals surface area contributed by atoms with Gasteiger partial charge in [-0.2, -0.15) is 0 Å². The number of hydrogen-bond acceptors (Lipinski definition) is 3. The maximum Gasteiger partial charge on any atom is 0.321 e. The van der Waals surface area contributed by atoms with Crippen LogP contribution in [-0.4, -0.2) is 48.0 Å². The second kappa shape index (κ2) is 7.06. The highest BCUT2D eigenvalue weighted by Gasteiger charge is 2.26. The molecule has 2 amide bonds. The Morgan fingerprint density at radius 3 is 2.55 bits per heavy atom. The summed E-state index contributed by atoms with van der Waals surface area (Å²) in [7, 11) is 1.63. The molecule has 6 heteroatoms. The molecule has 0 aromatic heterocycles. The third kappa shape index (κ3) is 4.47. The first-order valence-corrected chi connectivity index (χ1v) is 7.10. The molecule has 0 radical (unpaired) electrons. The van der Waals surface area contributed by atoms with Gasteiger partial charge in [-0.1, -0.05) is 13.0 Å². The summed E-state index contributed by atoms with van der Waals surface area (Å²) < 4.78 is 0.803. The standard InChI is InChI=1S/C14H21BrN2O3/c1-10-4-5-11(15)12(6-10)16-13(20)17(3)7-14(2,8-18)9-19/h4-6,18-19H,7-9H2,1-3H3,(H,16,20). The second-order valence-corrected chi connectivity index (χ2v) is 6.25. The number of nitrogens with zero attached hydrogens (tertiary/aromatic N) is 1. The summed E-state index contributed by atoms with van der Waals surface area (Å²) in [6, 6.07) is 5.39. The summed E-state index contributed by atoms with van der Waals surface area (Å²) in [4.78, 5) is 13.6. The van der Waals surface area contributed by atoms with E-state index in [-0.39, 0.29) is 25.8 Å². The van der Waals surface area contributed by atoms with Gasteiger partial charge in [0.05, 0.1) is 18.9 Å². The predicted octanol–water partition coefficient (Wildman–Crippen LogP) is 2.21. The zero-order valence-corrected chi connectivity index (χ0v) is 13.6. The number of urea groups is 1. The van der Waals surface area contributed by atoms with Crippen molar-refractivity contribution < 1.29 is 15.0 Å². The number of rotatable bonds is 5. The van der Waals surface area contributed by atoms with Gasteiger partial charge < -0.3 is 20.4 Å². The van der Waals surface area contributed by atoms with E-state index in [1.54, 1.807) is 14.0 Å². The van der Waals surface area contributed by atoms with Crippen LogP contribution in [0, 0.1) is 12.3 Å². The average molecular weight is 345 g/mol. The largest absolute Gasteiger partial charge is 0.396 e. The van der Waals surface area contributed by atoms with Crippen LogP contribution in [0.3, 0.4) is 0 Å². The summed E-state index contributed by atoms with van der Waals surface area (Å²) in [5, 5.41) is 21.3. The van der Waals surface area contributed by atoms with Crippen molar-refractivity contribution in [1.29, 1.82) is 0 Å². The minimum absolute atomic E-state index is 0.185. The van der Waals surface area contributed by atoms with E-state index in [0.717, 1.165) is 10.0 Å². The number of aryl methyl sites for hydroxylation is 1. The van der Waals surface area contributed by atoms with Crippen molar-refractivity contribution in [2.45, 2.75) is 13.8 Å². The molecule has 112 valence electrons. The van der Waals surface area contributed by atoms with E-state index < -0.39 is 5.41 Å². The Labute approximate surface area is 127 Å². The highest BCUT2D eigenvalue weighted by Crippen LogP contribution is 2.24. The van der Waals surface area contributed by atoms with Gasteiger partial charge in [-0.25, -0.2) is 4.79 Å². The quantitative estimate of drug-likeness (QED) is 0.766. The predicted molar refractivity (Wildman–Crippen MR) is 82.8 cm³/mol. The molecule has 0 unspecified atom stereocenters. The third-order valence-corrected chi connectivity index (χ3v) is 3.78. The van der Waals surface area contributed by atoms with Crippen LogP contribution in [0.4, 0.5) is 10.5 Å². The number of aliphatic hydroxyl groups is 2. The molecule has 20 heavy (non-hydrogen) atoms. The van der Waals surface area contributed by atoms with Gasteiger partial charge in [0.15, 0.2) is 0 Å². The van der Waals surface area contributed by atoms with Crippen LogP contribution in [0.1, 0.15) is 12.5 Å². The number of amides is 2. The van der Waals surface area contributed by atoms with Gasteiger partial charge in [-0.05, 0) is 40.5 Å². The van der Waals surface area contributed by atoms with E-state index in [9.17, 15) is 15.0 Å². The van der Waals surface area contributed by atoms with Gasteiger partial charge in [0, 0.05) is 23.5 Å². The Bertz CT molecular complexity index is 475. The van der Waals surface area contributed by atoms with Crippen LogP contribution in [-0.2, 0) is 0 Å². The molecule has 0 saturated carbocycles. The molecule has 0 fully saturated rings. The van der Waals surface area contributed by atoms with E-state index >= 15 is 0 Å². The summed E-state index contributed by atoms with van der Waals surface area (Å²) in [6.07, 6.45) is 0. The van der Waals surface area contributed by atoms with E-state index in [2.05, 4.69) is 21.2 Å². The topological polar surface area (TPSA) is 72.8 Å². The maximum absolute atomic E-state index is 12.1. The zero-order chi connectivity index (χ0) is 15.3. The number of anilines is 1. The first-order valence-electron chi connectivity index (χ1n) is 6.31. The third-order valence-electron chi connectivity index (χ3n) is 3.09. The molecule has 0 aliphatic rings. The molecule has 0 spiro atoms. The smallest absolute Gasteiger partial charge is 0.321 e. The molecule has 1 aromatic carbocycles. The highest BCUT2D eigenvalue weighted by molar-refractivity contribution is 9.10. The number of aliphatic hydroxyl groups excluding tert-OH is 2. The fraction of sp³-hybridized carbons (Fsp3) is 0.500. The molecule has 0 aliphatic heterocycles. The minimum Gasteiger partial charge on any atom is -0.396 e. The monoisotopic (exact) mass is 344 g/mol. The average Bonchev–Trinajstić information content (AvgIpc) is 2.42. The van der Waals surface area contributed by atoms with Gasteiger partial charge in [0.25, 0.3) is 0 Å². The van der Waals surface area contributed by atoms with Gasteiger partial charge >= 0.3 is 6.03 Å². The fourth-order valence-electron chi connectivity index (χ4n) is 1.74. The molecule has 3 N–H and O–H groups in total. The molecule has 0 atom stereocenters. The van der Waals surface area contributed by atoms with Crippen LogP contribution in [0.15, 0.2) is 22.7 Å². The maximum atomic E-state index is 12.1. The Morgan fingerprint density at radius 1 is 1.40 bits per heavy atom. The van der Waals surface area contributed by atoms with E-state index in [1.807, 2.05) is 25.1 Å². The van der Waals surface area contributed by atoms with Crippen molar-refractivity contribution in [3.05, 3.63) is 28.2 Å². The normalized spacial score (nSPS) is 11.3. The van der Waals surface area contributed by atoms with Gasteiger partial charge in [0.1, 0.15) is 0 Å². The minimum atomic E-state index is -0.712. The lowest BCUT2D eigenvalue weighted by Crippen LogP contribution is -2.43. The number of hydrogen-bond donors (Lipinski definition) is 3. The van der Waals surface area contributed by atoms with Crippen molar-refractivity contribution in [3.63, 3.8) is 0 Å². The zero-order valence-electron chi connectivity index (χ0n) is 12.0. The number of carbonyl (C=O) groups is 1. The molecule has 0 aliphatic carbocycles. The lowest BCUT2D eigenvalue weighted by molar-refractivity contribution is 0.0509. The number of nitrogens with one attached hydrogen (secondary N) is 1. The van der Waals surface area contributed by atoms with Crippen LogP contribution in [0.5, 0.6) is 0 Å². The number of halogens is 1. The summed E-state index contributed by atoms with van der Waals surface area (Å²) in [5.41, 5.74) is 1.02. The Morgan fingerprint density at radius 2 is 2.00 bits per heavy atom. The molecule has 5 nitrogen and oxygen atoms in total. The first kappa shape index (κ1) is 16.9. The Hall–Kier alpha value is -1.11. The fourth-order valence-corrected chi connectivity index (χ4v) is 2.09. The van der Waals surface area contributed by atoms with Crippen molar-refractivity contribution in [2.24, 2.45) is 5.41 Å². The molecule has 0 bridgehead atoms. The molecular weight excluding hydrogens is 324 g/mol. The highest BCUT2D eigenvalue weighted by atomic mass is 79.9. The lowest BCUT2D eigenvalue weighted by atomic mass is 9.92. The molecule has 1 rings (SSSR count). The van der Waals surface area contributed by atoms with E-state index in [0.29, 0.717) is 5.69 Å². The van der Waals surface area contributed by atoms with Crippen LogP contribution in [0.25, 0.3) is 0 Å². The molecule has 0 heterocycles. The summed E-state index contributed by atoms with van der Waals surface area (Å²) in [5.74, 6) is 0. The molecule has 1 aromatic rings. The van der Waals surface area contributed by atoms with Crippen LogP contribution >= 0.6 is 15.9 Å². The van der Waals surface area contributed by atoms with Crippen LogP contribution in [0.2, 0.25) is 0 Å². The Kier molecular flexibility index (Phi) is 5.98. The van der Waals surface area contributed by atoms with Gasteiger partial charge in [-0.15, -0.1) is 0 Å². The second-order valence-electron chi connectivity index (χ2n) is 5.40. The summed E-state index contributed by atoms with van der Waals surface area (Å²) in [6.45, 7) is 3.56.